The van der Waals surface area contributed by atoms with Crippen LogP contribution in [0.15, 0.2) is 25.0 Å². The Bertz CT molecular complexity index is 1000. The fraction of sp³-hybridized carbons (Fsp3) is 0.565. The molecule has 2 aromatic heterocycles. The molecule has 0 bridgehead atoms. The number of aromatic amines is 2. The number of nitrogens with one attached hydrogen (secondary N) is 5. The molecule has 2 heterocycles. The molecule has 0 aliphatic rings. The fourth-order valence-electron chi connectivity index (χ4n) is 3.63. The van der Waals surface area contributed by atoms with Crippen molar-refractivity contribution < 1.29 is 24.3 Å². The molecule has 2 rings (SSSR count). The molecule has 3 amide bonds. The Labute approximate surface area is 224 Å². The zero-order chi connectivity index (χ0) is 27.9. The van der Waals surface area contributed by atoms with E-state index in [0.717, 1.165) is 0 Å². The smallest absolute Gasteiger partial charge is 0.326 e. The highest BCUT2D eigenvalue weighted by atomic mass is 32.2. The number of unbranched alkanes of at least 4 members (excludes halogenated alkanes) is 1. The van der Waals surface area contributed by atoms with E-state index in [2.05, 4.69) is 35.9 Å². The number of rotatable bonds is 18. The lowest BCUT2D eigenvalue weighted by atomic mass is 10.1. The minimum atomic E-state index is -1.22. The van der Waals surface area contributed by atoms with E-state index < -0.39 is 47.9 Å². The first-order valence-electron chi connectivity index (χ1n) is 12.3. The number of nitrogens with zero attached hydrogens (tertiary/aromatic N) is 2. The van der Waals surface area contributed by atoms with Gasteiger partial charge in [-0.05, 0) is 44.2 Å². The van der Waals surface area contributed by atoms with Crippen molar-refractivity contribution in [3.8, 4) is 0 Å². The van der Waals surface area contributed by atoms with Crippen molar-refractivity contribution in [2.75, 3.05) is 18.6 Å². The Kier molecular flexibility index (Phi) is 13.3. The van der Waals surface area contributed by atoms with Crippen molar-refractivity contribution in [1.82, 2.24) is 35.9 Å². The van der Waals surface area contributed by atoms with E-state index in [4.69, 9.17) is 11.5 Å². The first-order chi connectivity index (χ1) is 18.2. The number of thioether (sulfide) groups is 1. The number of amides is 3. The van der Waals surface area contributed by atoms with Crippen LogP contribution in [0, 0.1) is 0 Å². The molecule has 4 unspecified atom stereocenters. The lowest BCUT2D eigenvalue weighted by Gasteiger charge is -2.25. The molecule has 2 aromatic rings. The molecule has 0 saturated heterocycles. The van der Waals surface area contributed by atoms with Crippen molar-refractivity contribution in [3.63, 3.8) is 0 Å². The number of carbonyl (C=O) groups is 4. The number of carboxylic acids is 1. The molecule has 0 radical (unpaired) electrons. The Morgan fingerprint density at radius 3 is 1.97 bits per heavy atom. The van der Waals surface area contributed by atoms with Crippen LogP contribution in [0.4, 0.5) is 0 Å². The van der Waals surface area contributed by atoms with Crippen molar-refractivity contribution in [1.29, 1.82) is 0 Å². The summed E-state index contributed by atoms with van der Waals surface area (Å²) in [6.07, 6.45) is 9.74. The van der Waals surface area contributed by atoms with Gasteiger partial charge in [0.2, 0.25) is 17.7 Å². The van der Waals surface area contributed by atoms with E-state index in [1.165, 1.54) is 30.6 Å². The molecule has 14 nitrogen and oxygen atoms in total. The van der Waals surface area contributed by atoms with Crippen molar-refractivity contribution >= 4 is 35.5 Å². The third kappa shape index (κ3) is 10.5. The largest absolute Gasteiger partial charge is 0.480 e. The highest BCUT2D eigenvalue weighted by Crippen LogP contribution is 2.07. The molecule has 0 spiro atoms. The van der Waals surface area contributed by atoms with Gasteiger partial charge in [0.05, 0.1) is 18.7 Å². The van der Waals surface area contributed by atoms with E-state index in [0.29, 0.717) is 42.9 Å². The van der Waals surface area contributed by atoms with Gasteiger partial charge in [-0.2, -0.15) is 11.8 Å². The topological polar surface area (TPSA) is 234 Å². The first kappa shape index (κ1) is 30.8. The third-order valence-corrected chi connectivity index (χ3v) is 6.39. The normalized spacial score (nSPS) is 14.2. The SMILES string of the molecule is CSCCC(NC(=O)C(CCCCN)NC(=O)C(N)Cc1cnc[nH]1)C(=O)NC(Cc1cnc[nH]1)C(=O)O. The van der Waals surface area contributed by atoms with Crippen molar-refractivity contribution in [3.05, 3.63) is 36.4 Å². The number of H-pyrrole nitrogens is 2. The average Bonchev–Trinajstić information content (AvgIpc) is 3.59. The summed E-state index contributed by atoms with van der Waals surface area (Å²) >= 11 is 1.48. The van der Waals surface area contributed by atoms with Gasteiger partial charge in [0.1, 0.15) is 18.1 Å². The Hall–Kier alpha value is -3.43. The molecule has 0 aliphatic heterocycles. The van der Waals surface area contributed by atoms with Crippen LogP contribution >= 0.6 is 11.8 Å². The van der Waals surface area contributed by atoms with Gasteiger partial charge in [-0.3, -0.25) is 14.4 Å². The molecule has 210 valence electrons. The fourth-order valence-corrected chi connectivity index (χ4v) is 4.10. The second kappa shape index (κ2) is 16.4. The molecule has 0 aromatic carbocycles. The van der Waals surface area contributed by atoms with Gasteiger partial charge in [-0.15, -0.1) is 0 Å². The van der Waals surface area contributed by atoms with Gasteiger partial charge in [0.25, 0.3) is 0 Å². The maximum atomic E-state index is 13.2. The van der Waals surface area contributed by atoms with Gasteiger partial charge in [0.15, 0.2) is 0 Å². The summed E-state index contributed by atoms with van der Waals surface area (Å²) in [5.41, 5.74) is 12.8. The monoisotopic (exact) mass is 551 g/mol. The number of carboxylic acid groups (broad SMARTS) is 1. The molecular weight excluding hydrogens is 514 g/mol. The van der Waals surface area contributed by atoms with Crippen LogP contribution in [0.1, 0.15) is 37.1 Å². The number of nitrogens with two attached hydrogens (primary N) is 2. The Balaban J connectivity index is 2.08. The van der Waals surface area contributed by atoms with Gasteiger partial charge < -0.3 is 42.5 Å². The molecule has 10 N–H and O–H groups in total. The summed E-state index contributed by atoms with van der Waals surface area (Å²) in [5, 5.41) is 17.5. The molecule has 4 atom stereocenters. The number of imidazole rings is 2. The van der Waals surface area contributed by atoms with E-state index in [-0.39, 0.29) is 19.3 Å². The standard InChI is InChI=1S/C23H37N9O5S/c1-38-7-5-18(22(35)32-19(23(36)37)9-15-11-27-13-29-15)31-21(34)17(4-2-3-6-24)30-20(33)16(25)8-14-10-26-12-28-14/h10-13,16-19H,2-9,24-25H2,1H3,(H,26,28)(H,27,29)(H,30,33)(H,31,34)(H,32,35)(H,36,37). The molecule has 0 aliphatic carbocycles. The highest BCUT2D eigenvalue weighted by molar-refractivity contribution is 7.98. The van der Waals surface area contributed by atoms with E-state index >= 15 is 0 Å². The van der Waals surface area contributed by atoms with Gasteiger partial charge in [-0.1, -0.05) is 0 Å². The summed E-state index contributed by atoms with van der Waals surface area (Å²) in [6, 6.07) is -4.11. The van der Waals surface area contributed by atoms with Crippen LogP contribution in [0.25, 0.3) is 0 Å². The quantitative estimate of drug-likeness (QED) is 0.102. The number of aliphatic carboxylic acids is 1. The predicted molar refractivity (Wildman–Crippen MR) is 142 cm³/mol. The number of hydrogen-bond acceptors (Lipinski definition) is 9. The second-order valence-electron chi connectivity index (χ2n) is 8.76. The van der Waals surface area contributed by atoms with E-state index in [1.54, 1.807) is 6.20 Å². The number of carbonyl (C=O) groups excluding carboxylic acids is 3. The lowest BCUT2D eigenvalue weighted by molar-refractivity contribution is -0.142. The summed E-state index contributed by atoms with van der Waals surface area (Å²) in [5.74, 6) is -2.41. The van der Waals surface area contributed by atoms with Crippen molar-refractivity contribution in [2.24, 2.45) is 11.5 Å². The van der Waals surface area contributed by atoms with Crippen LogP contribution in [0.5, 0.6) is 0 Å². The van der Waals surface area contributed by atoms with Crippen LogP contribution in [-0.4, -0.2) is 91.5 Å². The molecule has 15 heteroatoms. The predicted octanol–water partition coefficient (Wildman–Crippen LogP) is -1.33. The number of hydrogen-bond donors (Lipinski definition) is 8. The highest BCUT2D eigenvalue weighted by Gasteiger charge is 2.30. The zero-order valence-electron chi connectivity index (χ0n) is 21.3. The summed E-state index contributed by atoms with van der Waals surface area (Å²) in [7, 11) is 0. The van der Waals surface area contributed by atoms with Crippen molar-refractivity contribution in [2.45, 2.75) is 62.7 Å². The summed E-state index contributed by atoms with van der Waals surface area (Å²) < 4.78 is 0. The number of aromatic nitrogens is 4. The van der Waals surface area contributed by atoms with Gasteiger partial charge >= 0.3 is 5.97 Å². The Morgan fingerprint density at radius 2 is 1.45 bits per heavy atom. The second-order valence-corrected chi connectivity index (χ2v) is 9.74. The summed E-state index contributed by atoms with van der Waals surface area (Å²) in [6.45, 7) is 0.424. The maximum absolute atomic E-state index is 13.2. The maximum Gasteiger partial charge on any atom is 0.326 e. The summed E-state index contributed by atoms with van der Waals surface area (Å²) in [4.78, 5) is 64.2. The van der Waals surface area contributed by atoms with E-state index in [9.17, 15) is 24.3 Å². The Morgan fingerprint density at radius 1 is 0.895 bits per heavy atom. The molecule has 38 heavy (non-hydrogen) atoms. The molecule has 0 saturated carbocycles. The molecule has 0 fully saturated rings. The zero-order valence-corrected chi connectivity index (χ0v) is 22.1. The third-order valence-electron chi connectivity index (χ3n) is 5.75. The first-order valence-corrected chi connectivity index (χ1v) is 13.7. The van der Waals surface area contributed by atoms with Gasteiger partial charge in [0, 0.05) is 36.6 Å². The van der Waals surface area contributed by atoms with Crippen LogP contribution in [0.3, 0.4) is 0 Å². The molecular formula is C23H37N9O5S. The van der Waals surface area contributed by atoms with Crippen LogP contribution in [0.2, 0.25) is 0 Å². The van der Waals surface area contributed by atoms with Crippen LogP contribution < -0.4 is 27.4 Å². The van der Waals surface area contributed by atoms with Gasteiger partial charge in [-0.25, -0.2) is 14.8 Å². The van der Waals surface area contributed by atoms with E-state index in [1.807, 2.05) is 6.26 Å². The average molecular weight is 552 g/mol. The lowest BCUT2D eigenvalue weighted by Crippen LogP contribution is -2.57. The van der Waals surface area contributed by atoms with Crippen LogP contribution in [-0.2, 0) is 32.0 Å². The minimum absolute atomic E-state index is 0.00371. The minimum Gasteiger partial charge on any atom is -0.480 e.